The fraction of sp³-hybridized carbons (Fsp3) is 0.467. The number of rotatable bonds is 3. The lowest BCUT2D eigenvalue weighted by molar-refractivity contribution is 0.181. The normalized spacial score (nSPS) is 18.5. The van der Waals surface area contributed by atoms with E-state index in [-0.39, 0.29) is 6.09 Å². The van der Waals surface area contributed by atoms with Crippen LogP contribution in [0.15, 0.2) is 24.3 Å². The Bertz CT molecular complexity index is 524. The average Bonchev–Trinajstić information content (AvgIpc) is 3.10. The van der Waals surface area contributed by atoms with Gasteiger partial charge < -0.3 is 9.64 Å². The molecule has 0 spiro atoms. The zero-order valence-corrected chi connectivity index (χ0v) is 11.5. The van der Waals surface area contributed by atoms with Crippen LogP contribution < -0.4 is 4.90 Å². The van der Waals surface area contributed by atoms with Crippen molar-refractivity contribution in [2.75, 3.05) is 31.1 Å². The number of benzene rings is 1. The number of carbonyl (C=O) groups is 1. The highest BCUT2D eigenvalue weighted by molar-refractivity contribution is 5.89. The van der Waals surface area contributed by atoms with Crippen LogP contribution >= 0.6 is 0 Å². The molecule has 3 rings (SSSR count). The predicted molar refractivity (Wildman–Crippen MR) is 77.4 cm³/mol. The number of hydrogen-bond acceptors (Lipinski definition) is 3. The molecule has 0 radical (unpaired) electrons. The lowest BCUT2D eigenvalue weighted by Gasteiger charge is -2.19. The fourth-order valence-corrected chi connectivity index (χ4v) is 2.75. The predicted octanol–water partition coefficient (Wildman–Crippen LogP) is 2.26. The molecule has 2 heterocycles. The molecule has 20 heavy (non-hydrogen) atoms. The van der Waals surface area contributed by atoms with E-state index in [1.54, 1.807) is 4.90 Å². The Balaban J connectivity index is 1.70. The van der Waals surface area contributed by atoms with Crippen LogP contribution in [-0.4, -0.2) is 43.1 Å². The summed E-state index contributed by atoms with van der Waals surface area (Å²) in [4.78, 5) is 15.3. The topological polar surface area (TPSA) is 56.6 Å². The molecule has 0 aliphatic carbocycles. The summed E-state index contributed by atoms with van der Waals surface area (Å²) in [6, 6.07) is 7.84. The lowest BCUT2D eigenvalue weighted by Crippen LogP contribution is -2.28. The molecule has 0 bridgehead atoms. The number of anilines is 1. The van der Waals surface area contributed by atoms with Gasteiger partial charge in [0.05, 0.1) is 6.54 Å². The number of ether oxygens (including phenoxy) is 1. The Morgan fingerprint density at radius 2 is 2.05 bits per heavy atom. The second-order valence-corrected chi connectivity index (χ2v) is 5.25. The maximum absolute atomic E-state index is 11.6. The standard InChI is InChI=1S/C15H19N3O2/c16-14(17-6-1-2-7-17)11-12-4-3-5-13(10-12)18-8-9-20-15(18)19/h3-5,10,16H,1-2,6-9,11H2. The van der Waals surface area contributed by atoms with Gasteiger partial charge in [0, 0.05) is 25.2 Å². The van der Waals surface area contributed by atoms with Crippen LogP contribution in [0.25, 0.3) is 0 Å². The highest BCUT2D eigenvalue weighted by Gasteiger charge is 2.23. The summed E-state index contributed by atoms with van der Waals surface area (Å²) in [5.41, 5.74) is 1.93. The summed E-state index contributed by atoms with van der Waals surface area (Å²) in [5.74, 6) is 0.670. The number of likely N-dealkylation sites (tertiary alicyclic amines) is 1. The van der Waals surface area contributed by atoms with Crippen LogP contribution in [-0.2, 0) is 11.2 Å². The molecular formula is C15H19N3O2. The maximum Gasteiger partial charge on any atom is 0.414 e. The third-order valence-electron chi connectivity index (χ3n) is 3.84. The van der Waals surface area contributed by atoms with Crippen LogP contribution in [0.5, 0.6) is 0 Å². The van der Waals surface area contributed by atoms with E-state index in [1.807, 2.05) is 24.3 Å². The summed E-state index contributed by atoms with van der Waals surface area (Å²) in [7, 11) is 0. The Hall–Kier alpha value is -2.04. The van der Waals surface area contributed by atoms with Crippen molar-refractivity contribution in [2.45, 2.75) is 19.3 Å². The number of hydrogen-bond donors (Lipinski definition) is 1. The summed E-state index contributed by atoms with van der Waals surface area (Å²) in [6.45, 7) is 3.05. The van der Waals surface area contributed by atoms with Crippen molar-refractivity contribution in [3.05, 3.63) is 29.8 Å². The van der Waals surface area contributed by atoms with Gasteiger partial charge in [0.2, 0.25) is 0 Å². The highest BCUT2D eigenvalue weighted by Crippen LogP contribution is 2.21. The van der Waals surface area contributed by atoms with E-state index in [1.165, 1.54) is 12.8 Å². The molecule has 2 aliphatic heterocycles. The highest BCUT2D eigenvalue weighted by atomic mass is 16.6. The third-order valence-corrected chi connectivity index (χ3v) is 3.84. The third kappa shape index (κ3) is 2.61. The van der Waals surface area contributed by atoms with Gasteiger partial charge in [-0.05, 0) is 30.5 Å². The number of nitrogens with zero attached hydrogens (tertiary/aromatic N) is 2. The first-order valence-corrected chi connectivity index (χ1v) is 7.09. The van der Waals surface area contributed by atoms with Gasteiger partial charge in [0.15, 0.2) is 0 Å². The number of cyclic esters (lactones) is 1. The Kier molecular flexibility index (Phi) is 3.58. The van der Waals surface area contributed by atoms with Gasteiger partial charge in [0.25, 0.3) is 0 Å². The molecule has 2 fully saturated rings. The molecule has 5 heteroatoms. The average molecular weight is 273 g/mol. The van der Waals surface area contributed by atoms with Crippen LogP contribution in [0, 0.1) is 5.41 Å². The van der Waals surface area contributed by atoms with Gasteiger partial charge in [-0.15, -0.1) is 0 Å². The van der Waals surface area contributed by atoms with E-state index in [2.05, 4.69) is 4.90 Å². The number of amides is 1. The van der Waals surface area contributed by atoms with Gasteiger partial charge in [-0.2, -0.15) is 0 Å². The summed E-state index contributed by atoms with van der Waals surface area (Å²) >= 11 is 0. The fourth-order valence-electron chi connectivity index (χ4n) is 2.75. The van der Waals surface area contributed by atoms with Crippen LogP contribution in [0.3, 0.4) is 0 Å². The minimum atomic E-state index is -0.281. The summed E-state index contributed by atoms with van der Waals surface area (Å²) in [6.07, 6.45) is 2.71. The van der Waals surface area contributed by atoms with Crippen molar-refractivity contribution in [1.82, 2.24) is 4.90 Å². The first-order valence-electron chi connectivity index (χ1n) is 7.09. The van der Waals surface area contributed by atoms with Gasteiger partial charge in [-0.25, -0.2) is 4.79 Å². The molecule has 5 nitrogen and oxygen atoms in total. The van der Waals surface area contributed by atoms with E-state index in [4.69, 9.17) is 10.1 Å². The smallest absolute Gasteiger partial charge is 0.414 e. The molecule has 0 saturated carbocycles. The first kappa shape index (κ1) is 13.0. The molecule has 1 amide bonds. The van der Waals surface area contributed by atoms with Crippen molar-refractivity contribution < 1.29 is 9.53 Å². The van der Waals surface area contributed by atoms with Gasteiger partial charge in [-0.3, -0.25) is 10.3 Å². The molecule has 2 saturated heterocycles. The molecule has 0 aromatic heterocycles. The van der Waals surface area contributed by atoms with E-state index in [0.29, 0.717) is 25.4 Å². The van der Waals surface area contributed by atoms with Crippen molar-refractivity contribution >= 4 is 17.6 Å². The summed E-state index contributed by atoms with van der Waals surface area (Å²) < 4.78 is 4.96. The maximum atomic E-state index is 11.6. The van der Waals surface area contributed by atoms with E-state index in [0.717, 1.165) is 24.3 Å². The second kappa shape index (κ2) is 5.53. The van der Waals surface area contributed by atoms with Gasteiger partial charge in [0.1, 0.15) is 12.4 Å². The van der Waals surface area contributed by atoms with Gasteiger partial charge >= 0.3 is 6.09 Å². The van der Waals surface area contributed by atoms with E-state index >= 15 is 0 Å². The van der Waals surface area contributed by atoms with Crippen LogP contribution in [0.2, 0.25) is 0 Å². The first-order chi connectivity index (χ1) is 9.74. The monoisotopic (exact) mass is 273 g/mol. The molecule has 0 unspecified atom stereocenters. The van der Waals surface area contributed by atoms with Crippen LogP contribution in [0.4, 0.5) is 10.5 Å². The minimum absolute atomic E-state index is 0.281. The van der Waals surface area contributed by atoms with Crippen molar-refractivity contribution in [3.8, 4) is 0 Å². The van der Waals surface area contributed by atoms with E-state index < -0.39 is 0 Å². The Morgan fingerprint density at radius 3 is 2.75 bits per heavy atom. The number of amidine groups is 1. The molecular weight excluding hydrogens is 254 g/mol. The SMILES string of the molecule is N=C(Cc1cccc(N2CCOC2=O)c1)N1CCCC1. The Morgan fingerprint density at radius 1 is 1.25 bits per heavy atom. The lowest BCUT2D eigenvalue weighted by atomic mass is 10.1. The molecule has 1 N–H and O–H groups in total. The number of nitrogens with one attached hydrogen (secondary N) is 1. The van der Waals surface area contributed by atoms with Gasteiger partial charge in [-0.1, -0.05) is 12.1 Å². The minimum Gasteiger partial charge on any atom is -0.447 e. The number of carbonyl (C=O) groups excluding carboxylic acids is 1. The van der Waals surface area contributed by atoms with Crippen LogP contribution in [0.1, 0.15) is 18.4 Å². The van der Waals surface area contributed by atoms with Crippen molar-refractivity contribution in [1.29, 1.82) is 5.41 Å². The largest absolute Gasteiger partial charge is 0.447 e. The van der Waals surface area contributed by atoms with Crippen molar-refractivity contribution in [2.24, 2.45) is 0 Å². The van der Waals surface area contributed by atoms with E-state index in [9.17, 15) is 4.79 Å². The van der Waals surface area contributed by atoms with Crippen molar-refractivity contribution in [3.63, 3.8) is 0 Å². The summed E-state index contributed by atoms with van der Waals surface area (Å²) in [5, 5.41) is 8.16. The zero-order valence-electron chi connectivity index (χ0n) is 11.5. The zero-order chi connectivity index (χ0) is 13.9. The second-order valence-electron chi connectivity index (χ2n) is 5.25. The molecule has 106 valence electrons. The molecule has 2 aliphatic rings. The Labute approximate surface area is 118 Å². The quantitative estimate of drug-likeness (QED) is 0.679. The molecule has 1 aromatic carbocycles. The molecule has 1 aromatic rings. The molecule has 0 atom stereocenters.